The van der Waals surface area contributed by atoms with Gasteiger partial charge < -0.3 is 9.15 Å². The van der Waals surface area contributed by atoms with Gasteiger partial charge in [-0.1, -0.05) is 0 Å². The van der Waals surface area contributed by atoms with Crippen molar-refractivity contribution in [2.45, 2.75) is 38.1 Å². The summed E-state index contributed by atoms with van der Waals surface area (Å²) >= 11 is 0. The summed E-state index contributed by atoms with van der Waals surface area (Å²) in [5, 5.41) is 0. The second kappa shape index (κ2) is 6.61. The lowest BCUT2D eigenvalue weighted by molar-refractivity contribution is 0.352. The monoisotopic (exact) mass is 349 g/mol. The molecule has 0 aliphatic heterocycles. The summed E-state index contributed by atoms with van der Waals surface area (Å²) in [5.74, 6) is 1.78. The van der Waals surface area contributed by atoms with Crippen LogP contribution in [0.4, 0.5) is 0 Å². The smallest absolute Gasteiger partial charge is 0.244 e. The maximum atomic E-state index is 13.3. The minimum atomic E-state index is -3.60. The maximum absolute atomic E-state index is 13.3. The fourth-order valence-corrected chi connectivity index (χ4v) is 4.87. The molecule has 2 aromatic rings. The third-order valence-corrected chi connectivity index (χ3v) is 6.46. The molecule has 0 bridgehead atoms. The first-order chi connectivity index (χ1) is 11.4. The molecule has 3 rings (SSSR count). The standard InChI is InChI=1S/C18H23NO4S/c1-13-9-17(22-3)10-14(2)18(13)24(20,21)19(11-15-6-7-15)12-16-5-4-8-23-16/h4-5,8-10,15H,6-7,11-12H2,1-3H3. The van der Waals surface area contributed by atoms with E-state index >= 15 is 0 Å². The molecule has 0 unspecified atom stereocenters. The second-order valence-corrected chi connectivity index (χ2v) is 8.29. The van der Waals surface area contributed by atoms with E-state index in [4.69, 9.17) is 9.15 Å². The summed E-state index contributed by atoms with van der Waals surface area (Å²) in [7, 11) is -2.02. The van der Waals surface area contributed by atoms with Crippen molar-refractivity contribution in [3.8, 4) is 5.75 Å². The van der Waals surface area contributed by atoms with E-state index in [0.717, 1.165) is 12.8 Å². The van der Waals surface area contributed by atoms with Gasteiger partial charge in [0.05, 0.1) is 24.8 Å². The lowest BCUT2D eigenvalue weighted by Crippen LogP contribution is -2.33. The quantitative estimate of drug-likeness (QED) is 0.767. The molecule has 24 heavy (non-hydrogen) atoms. The van der Waals surface area contributed by atoms with E-state index in [1.54, 1.807) is 35.9 Å². The Morgan fingerprint density at radius 3 is 2.42 bits per heavy atom. The van der Waals surface area contributed by atoms with E-state index in [9.17, 15) is 8.42 Å². The number of furan rings is 1. The predicted octanol–water partition coefficient (Wildman–Crippen LogP) is 3.51. The van der Waals surface area contributed by atoms with E-state index in [1.165, 1.54) is 0 Å². The fraction of sp³-hybridized carbons (Fsp3) is 0.444. The van der Waals surface area contributed by atoms with Crippen LogP contribution in [0.25, 0.3) is 0 Å². The summed E-state index contributed by atoms with van der Waals surface area (Å²) in [6, 6.07) is 7.12. The van der Waals surface area contributed by atoms with Crippen LogP contribution in [0.15, 0.2) is 39.8 Å². The molecule has 1 aliphatic carbocycles. The lowest BCUT2D eigenvalue weighted by Gasteiger charge is -2.23. The van der Waals surface area contributed by atoms with Gasteiger partial charge in [-0.25, -0.2) is 8.42 Å². The Morgan fingerprint density at radius 2 is 1.92 bits per heavy atom. The van der Waals surface area contributed by atoms with Crippen LogP contribution in [0.3, 0.4) is 0 Å². The molecule has 0 atom stereocenters. The van der Waals surface area contributed by atoms with Crippen molar-refractivity contribution in [3.05, 3.63) is 47.4 Å². The average molecular weight is 349 g/mol. The van der Waals surface area contributed by atoms with Gasteiger partial charge in [0, 0.05) is 6.54 Å². The van der Waals surface area contributed by atoms with Crippen LogP contribution in [0.1, 0.15) is 29.7 Å². The van der Waals surface area contributed by atoms with Crippen molar-refractivity contribution in [2.24, 2.45) is 5.92 Å². The van der Waals surface area contributed by atoms with Crippen molar-refractivity contribution in [1.29, 1.82) is 0 Å². The normalized spacial score (nSPS) is 15.0. The number of methoxy groups -OCH3 is 1. The first-order valence-corrected chi connectivity index (χ1v) is 9.53. The highest BCUT2D eigenvalue weighted by atomic mass is 32.2. The Hall–Kier alpha value is -1.79. The van der Waals surface area contributed by atoms with E-state index in [1.807, 2.05) is 19.9 Å². The Bertz CT molecular complexity index is 785. The summed E-state index contributed by atoms with van der Waals surface area (Å²) in [6.07, 6.45) is 3.75. The maximum Gasteiger partial charge on any atom is 0.244 e. The molecule has 0 amide bonds. The molecule has 1 fully saturated rings. The van der Waals surface area contributed by atoms with Crippen LogP contribution in [0.2, 0.25) is 0 Å². The number of aryl methyl sites for hydroxylation is 2. The van der Waals surface area contributed by atoms with Crippen LogP contribution in [-0.4, -0.2) is 26.4 Å². The zero-order chi connectivity index (χ0) is 17.3. The SMILES string of the molecule is COc1cc(C)c(S(=O)(=O)N(Cc2ccco2)CC2CC2)c(C)c1. The number of rotatable bonds is 7. The Morgan fingerprint density at radius 1 is 1.25 bits per heavy atom. The third-order valence-electron chi connectivity index (χ3n) is 4.34. The molecule has 1 aliphatic rings. The van der Waals surface area contributed by atoms with Crippen molar-refractivity contribution >= 4 is 10.0 Å². The largest absolute Gasteiger partial charge is 0.497 e. The number of nitrogens with zero attached hydrogens (tertiary/aromatic N) is 1. The number of benzene rings is 1. The molecule has 5 nitrogen and oxygen atoms in total. The zero-order valence-electron chi connectivity index (χ0n) is 14.3. The molecule has 1 heterocycles. The van der Waals surface area contributed by atoms with Gasteiger partial charge in [0.25, 0.3) is 0 Å². The van der Waals surface area contributed by atoms with Crippen LogP contribution in [-0.2, 0) is 16.6 Å². The number of sulfonamides is 1. The van der Waals surface area contributed by atoms with Gasteiger partial charge in [0.2, 0.25) is 10.0 Å². The van der Waals surface area contributed by atoms with Gasteiger partial charge in [0.15, 0.2) is 0 Å². The summed E-state index contributed by atoms with van der Waals surface area (Å²) < 4.78 is 38.8. The molecular weight excluding hydrogens is 326 g/mol. The van der Waals surface area contributed by atoms with Gasteiger partial charge in [-0.2, -0.15) is 4.31 Å². The first kappa shape index (κ1) is 17.0. The van der Waals surface area contributed by atoms with E-state index in [2.05, 4.69) is 0 Å². The highest BCUT2D eigenvalue weighted by Gasteiger charge is 2.34. The van der Waals surface area contributed by atoms with Gasteiger partial charge in [-0.3, -0.25) is 0 Å². The van der Waals surface area contributed by atoms with Gasteiger partial charge in [-0.15, -0.1) is 0 Å². The molecular formula is C18H23NO4S. The average Bonchev–Trinajstić information content (AvgIpc) is 3.18. The van der Waals surface area contributed by atoms with Crippen LogP contribution in [0, 0.1) is 19.8 Å². The summed E-state index contributed by atoms with van der Waals surface area (Å²) in [4.78, 5) is 0.371. The molecule has 6 heteroatoms. The molecule has 0 saturated heterocycles. The Balaban J connectivity index is 1.98. The summed E-state index contributed by atoms with van der Waals surface area (Å²) in [5.41, 5.74) is 1.40. The predicted molar refractivity (Wildman–Crippen MR) is 91.5 cm³/mol. The molecule has 1 saturated carbocycles. The number of ether oxygens (including phenoxy) is 1. The number of hydrogen-bond acceptors (Lipinski definition) is 4. The zero-order valence-corrected chi connectivity index (χ0v) is 15.1. The van der Waals surface area contributed by atoms with Crippen LogP contribution in [0.5, 0.6) is 5.75 Å². The molecule has 0 N–H and O–H groups in total. The van der Waals surface area contributed by atoms with E-state index in [-0.39, 0.29) is 6.54 Å². The topological polar surface area (TPSA) is 59.8 Å². The molecule has 1 aromatic carbocycles. The highest BCUT2D eigenvalue weighted by molar-refractivity contribution is 7.89. The second-order valence-electron chi connectivity index (χ2n) is 6.41. The van der Waals surface area contributed by atoms with Crippen molar-refractivity contribution in [3.63, 3.8) is 0 Å². The lowest BCUT2D eigenvalue weighted by atomic mass is 10.1. The van der Waals surface area contributed by atoms with Gasteiger partial charge in [-0.05, 0) is 68.0 Å². The first-order valence-electron chi connectivity index (χ1n) is 8.09. The molecule has 130 valence electrons. The van der Waals surface area contributed by atoms with E-state index in [0.29, 0.717) is 40.0 Å². The fourth-order valence-electron chi connectivity index (χ4n) is 2.98. The molecule has 0 spiro atoms. The Labute approximate surface area is 143 Å². The summed E-state index contributed by atoms with van der Waals surface area (Å²) in [6.45, 7) is 4.42. The Kier molecular flexibility index (Phi) is 4.69. The van der Waals surface area contributed by atoms with Crippen molar-refractivity contribution in [1.82, 2.24) is 4.31 Å². The van der Waals surface area contributed by atoms with E-state index < -0.39 is 10.0 Å². The van der Waals surface area contributed by atoms with Crippen LogP contribution >= 0.6 is 0 Å². The minimum Gasteiger partial charge on any atom is -0.497 e. The third kappa shape index (κ3) is 3.49. The number of hydrogen-bond donors (Lipinski definition) is 0. The van der Waals surface area contributed by atoms with Crippen molar-refractivity contribution in [2.75, 3.05) is 13.7 Å². The van der Waals surface area contributed by atoms with Crippen LogP contribution < -0.4 is 4.74 Å². The van der Waals surface area contributed by atoms with Gasteiger partial charge in [0.1, 0.15) is 11.5 Å². The van der Waals surface area contributed by atoms with Crippen molar-refractivity contribution < 1.29 is 17.6 Å². The van der Waals surface area contributed by atoms with Gasteiger partial charge >= 0.3 is 0 Å². The molecule has 0 radical (unpaired) electrons. The minimum absolute atomic E-state index is 0.261. The highest BCUT2D eigenvalue weighted by Crippen LogP contribution is 2.34. The molecule has 1 aromatic heterocycles.